The Bertz CT molecular complexity index is 735. The van der Waals surface area contributed by atoms with Crippen LogP contribution in [0.3, 0.4) is 0 Å². The predicted molar refractivity (Wildman–Crippen MR) is 88.8 cm³/mol. The molecular weight excluding hydrogens is 319 g/mol. The lowest BCUT2D eigenvalue weighted by Gasteiger charge is -2.13. The largest absolute Gasteiger partial charge is 0.462 e. The van der Waals surface area contributed by atoms with Crippen molar-refractivity contribution in [2.75, 3.05) is 11.9 Å². The van der Waals surface area contributed by atoms with Gasteiger partial charge < -0.3 is 10.1 Å². The Morgan fingerprint density at radius 3 is 2.96 bits per heavy atom. The summed E-state index contributed by atoms with van der Waals surface area (Å²) < 4.78 is 18.4. The van der Waals surface area contributed by atoms with Crippen molar-refractivity contribution >= 4 is 29.1 Å². The second kappa shape index (κ2) is 7.74. The number of halogens is 2. The highest BCUT2D eigenvalue weighted by atomic mass is 35.5. The minimum absolute atomic E-state index is 0.216. The number of aromatic nitrogens is 1. The number of benzene rings is 1. The fourth-order valence-electron chi connectivity index (χ4n) is 2.04. The molecule has 0 saturated carbocycles. The van der Waals surface area contributed by atoms with E-state index in [0.717, 1.165) is 0 Å². The van der Waals surface area contributed by atoms with Crippen LogP contribution >= 0.6 is 11.6 Å². The summed E-state index contributed by atoms with van der Waals surface area (Å²) in [5.41, 5.74) is 1.55. The van der Waals surface area contributed by atoms with E-state index in [2.05, 4.69) is 16.9 Å². The number of nitrogens with one attached hydrogen (secondary N) is 1. The summed E-state index contributed by atoms with van der Waals surface area (Å²) in [5, 5.41) is 3.36. The first kappa shape index (κ1) is 17.0. The summed E-state index contributed by atoms with van der Waals surface area (Å²) >= 11 is 5.90. The van der Waals surface area contributed by atoms with E-state index < -0.39 is 5.97 Å². The number of anilines is 2. The van der Waals surface area contributed by atoms with Gasteiger partial charge in [0, 0.05) is 11.9 Å². The van der Waals surface area contributed by atoms with E-state index in [1.165, 1.54) is 24.4 Å². The van der Waals surface area contributed by atoms with Crippen LogP contribution in [0, 0.1) is 5.82 Å². The van der Waals surface area contributed by atoms with E-state index in [4.69, 9.17) is 16.3 Å². The molecule has 0 aliphatic heterocycles. The van der Waals surface area contributed by atoms with Gasteiger partial charge in [-0.1, -0.05) is 17.7 Å². The molecule has 0 aliphatic carbocycles. The molecule has 0 amide bonds. The number of esters is 1. The van der Waals surface area contributed by atoms with Crippen LogP contribution in [0.4, 0.5) is 15.9 Å². The quantitative estimate of drug-likeness (QED) is 0.623. The molecule has 0 aliphatic rings. The van der Waals surface area contributed by atoms with Crippen molar-refractivity contribution in [2.24, 2.45) is 0 Å². The molecule has 0 fully saturated rings. The van der Waals surface area contributed by atoms with E-state index >= 15 is 0 Å². The first-order valence-electron chi connectivity index (χ1n) is 7.04. The van der Waals surface area contributed by atoms with Gasteiger partial charge in [0.25, 0.3) is 0 Å². The molecule has 0 radical (unpaired) electrons. The van der Waals surface area contributed by atoms with E-state index in [9.17, 15) is 9.18 Å². The number of carbonyl (C=O) groups is 1. The molecule has 23 heavy (non-hydrogen) atoms. The highest BCUT2D eigenvalue weighted by Crippen LogP contribution is 2.26. The molecule has 0 saturated heterocycles. The van der Waals surface area contributed by atoms with Gasteiger partial charge in [-0.3, -0.25) is 0 Å². The number of pyridine rings is 1. The molecule has 4 nitrogen and oxygen atoms in total. The summed E-state index contributed by atoms with van der Waals surface area (Å²) in [6.07, 6.45) is 3.56. The molecule has 120 valence electrons. The Hall–Kier alpha value is -2.40. The lowest BCUT2D eigenvalue weighted by Crippen LogP contribution is -2.10. The second-order valence-electron chi connectivity index (χ2n) is 4.69. The maximum Gasteiger partial charge on any atom is 0.341 e. The van der Waals surface area contributed by atoms with Crippen LogP contribution in [0.15, 0.2) is 43.1 Å². The molecule has 0 spiro atoms. The van der Waals surface area contributed by atoms with Crippen molar-refractivity contribution in [2.45, 2.75) is 13.3 Å². The summed E-state index contributed by atoms with van der Waals surface area (Å²) in [4.78, 5) is 16.2. The third kappa shape index (κ3) is 4.29. The zero-order valence-electron chi connectivity index (χ0n) is 12.6. The number of carbonyl (C=O) groups excluding carboxylic acids is 1. The molecule has 6 heteroatoms. The smallest absolute Gasteiger partial charge is 0.341 e. The van der Waals surface area contributed by atoms with Crippen LogP contribution in [0.25, 0.3) is 0 Å². The molecule has 2 aromatic rings. The number of hydrogen-bond acceptors (Lipinski definition) is 4. The van der Waals surface area contributed by atoms with Crippen molar-refractivity contribution in [3.63, 3.8) is 0 Å². The normalized spacial score (nSPS) is 10.2. The average molecular weight is 335 g/mol. The van der Waals surface area contributed by atoms with Crippen LogP contribution in [-0.4, -0.2) is 17.6 Å². The van der Waals surface area contributed by atoms with Crippen molar-refractivity contribution in [3.05, 3.63) is 65.1 Å². The monoisotopic (exact) mass is 334 g/mol. The van der Waals surface area contributed by atoms with Gasteiger partial charge in [-0.15, -0.1) is 6.58 Å². The summed E-state index contributed by atoms with van der Waals surface area (Å²) in [5.74, 6) is -0.579. The molecular formula is C17H16ClFN2O2. The number of ether oxygens (including phenoxy) is 1. The second-order valence-corrected chi connectivity index (χ2v) is 5.13. The Labute approximate surface area is 139 Å². The maximum atomic E-state index is 13.4. The topological polar surface area (TPSA) is 51.2 Å². The third-order valence-electron chi connectivity index (χ3n) is 3.03. The van der Waals surface area contributed by atoms with Crippen LogP contribution < -0.4 is 5.32 Å². The molecule has 1 aromatic carbocycles. The third-order valence-corrected chi connectivity index (χ3v) is 3.24. The average Bonchev–Trinajstić information content (AvgIpc) is 2.52. The van der Waals surface area contributed by atoms with Gasteiger partial charge in [-0.2, -0.15) is 0 Å². The summed E-state index contributed by atoms with van der Waals surface area (Å²) in [6, 6.07) is 5.80. The summed E-state index contributed by atoms with van der Waals surface area (Å²) in [6.45, 7) is 5.61. The van der Waals surface area contributed by atoms with E-state index in [-0.39, 0.29) is 18.0 Å². The molecule has 1 heterocycles. The molecule has 1 aromatic heterocycles. The lowest BCUT2D eigenvalue weighted by molar-refractivity contribution is 0.0527. The van der Waals surface area contributed by atoms with Crippen LogP contribution in [0.5, 0.6) is 0 Å². The highest BCUT2D eigenvalue weighted by Gasteiger charge is 2.16. The van der Waals surface area contributed by atoms with Crippen LogP contribution in [-0.2, 0) is 11.2 Å². The minimum Gasteiger partial charge on any atom is -0.462 e. The van der Waals surface area contributed by atoms with Crippen molar-refractivity contribution < 1.29 is 13.9 Å². The van der Waals surface area contributed by atoms with Crippen LogP contribution in [0.2, 0.25) is 5.02 Å². The van der Waals surface area contributed by atoms with Gasteiger partial charge in [0.05, 0.1) is 11.6 Å². The zero-order chi connectivity index (χ0) is 16.8. The van der Waals surface area contributed by atoms with Crippen molar-refractivity contribution in [3.8, 4) is 0 Å². The van der Waals surface area contributed by atoms with E-state index in [1.807, 2.05) is 0 Å². The number of rotatable bonds is 6. The summed E-state index contributed by atoms with van der Waals surface area (Å²) in [7, 11) is 0. The van der Waals surface area contributed by atoms with Crippen molar-refractivity contribution in [1.29, 1.82) is 0 Å². The van der Waals surface area contributed by atoms with E-state index in [0.29, 0.717) is 28.5 Å². The number of hydrogen-bond donors (Lipinski definition) is 1. The predicted octanol–water partition coefficient (Wildman–Crippen LogP) is 4.52. The van der Waals surface area contributed by atoms with Gasteiger partial charge in [-0.25, -0.2) is 14.2 Å². The van der Waals surface area contributed by atoms with Gasteiger partial charge in [0.1, 0.15) is 17.2 Å². The van der Waals surface area contributed by atoms with E-state index in [1.54, 1.807) is 19.1 Å². The maximum absolute atomic E-state index is 13.4. The zero-order valence-corrected chi connectivity index (χ0v) is 13.4. The molecule has 1 N–H and O–H groups in total. The Morgan fingerprint density at radius 1 is 1.48 bits per heavy atom. The molecule has 0 bridgehead atoms. The van der Waals surface area contributed by atoms with Crippen molar-refractivity contribution in [1.82, 2.24) is 4.98 Å². The Kier molecular flexibility index (Phi) is 5.71. The first-order chi connectivity index (χ1) is 11.0. The highest BCUT2D eigenvalue weighted by molar-refractivity contribution is 6.30. The fraction of sp³-hybridized carbons (Fsp3) is 0.176. The molecule has 0 unspecified atom stereocenters. The number of allylic oxidation sites excluding steroid dienone is 1. The van der Waals surface area contributed by atoms with Gasteiger partial charge in [-0.05, 0) is 43.2 Å². The number of nitrogens with zero attached hydrogens (tertiary/aromatic N) is 1. The molecule has 2 rings (SSSR count). The fourth-order valence-corrected chi connectivity index (χ4v) is 2.20. The Morgan fingerprint density at radius 2 is 2.26 bits per heavy atom. The molecule has 0 atom stereocenters. The van der Waals surface area contributed by atoms with Gasteiger partial charge in [0.2, 0.25) is 0 Å². The van der Waals surface area contributed by atoms with Gasteiger partial charge in [0.15, 0.2) is 0 Å². The van der Waals surface area contributed by atoms with Crippen LogP contribution in [0.1, 0.15) is 22.8 Å². The Balaban J connectivity index is 2.40. The standard InChI is InChI=1S/C17H16ClFN2O2/c1-3-5-11-8-13(19)6-7-15(11)21-16-14(17(22)23-4-2)9-12(18)10-20-16/h3,6-10H,1,4-5H2,2H3,(H,20,21). The minimum atomic E-state index is -0.530. The lowest BCUT2D eigenvalue weighted by atomic mass is 10.1. The van der Waals surface area contributed by atoms with Gasteiger partial charge >= 0.3 is 5.97 Å². The first-order valence-corrected chi connectivity index (χ1v) is 7.42. The SMILES string of the molecule is C=CCc1cc(F)ccc1Nc1ncc(Cl)cc1C(=O)OCC.